The van der Waals surface area contributed by atoms with Gasteiger partial charge in [0.1, 0.15) is 0 Å². The van der Waals surface area contributed by atoms with Crippen molar-refractivity contribution < 1.29 is 9.21 Å². The standard InChI is InChI=1S/C11H6INO2/c12-11(14)13-8-4-2-1-3-7(8)10-9(13)5-6-15-10/h1-6H. The van der Waals surface area contributed by atoms with E-state index in [-0.39, 0.29) is 3.91 Å². The van der Waals surface area contributed by atoms with Crippen LogP contribution in [0.2, 0.25) is 0 Å². The second-order valence-electron chi connectivity index (χ2n) is 3.24. The summed E-state index contributed by atoms with van der Waals surface area (Å²) in [5, 5.41) is 0.975. The molecule has 0 saturated carbocycles. The van der Waals surface area contributed by atoms with Gasteiger partial charge >= 0.3 is 0 Å². The Morgan fingerprint density at radius 2 is 2.00 bits per heavy atom. The molecule has 3 aromatic rings. The van der Waals surface area contributed by atoms with E-state index in [0.29, 0.717) is 0 Å². The minimum absolute atomic E-state index is 0.0276. The Hall–Kier alpha value is -1.30. The molecule has 0 atom stereocenters. The quantitative estimate of drug-likeness (QED) is 0.468. The van der Waals surface area contributed by atoms with Gasteiger partial charge < -0.3 is 4.42 Å². The molecule has 3 rings (SSSR count). The first-order valence-corrected chi connectivity index (χ1v) is 5.53. The maximum absolute atomic E-state index is 11.5. The van der Waals surface area contributed by atoms with E-state index in [4.69, 9.17) is 4.42 Å². The van der Waals surface area contributed by atoms with Gasteiger partial charge in [0, 0.05) is 34.0 Å². The van der Waals surface area contributed by atoms with Gasteiger partial charge in [0.15, 0.2) is 5.58 Å². The topological polar surface area (TPSA) is 35.1 Å². The van der Waals surface area contributed by atoms with Gasteiger partial charge in [-0.3, -0.25) is 9.36 Å². The van der Waals surface area contributed by atoms with Crippen LogP contribution in [0.25, 0.3) is 22.0 Å². The number of halogens is 1. The van der Waals surface area contributed by atoms with E-state index in [1.54, 1.807) is 33.4 Å². The Kier molecular flexibility index (Phi) is 1.85. The van der Waals surface area contributed by atoms with Crippen LogP contribution in [-0.4, -0.2) is 8.48 Å². The zero-order valence-corrected chi connectivity index (χ0v) is 9.76. The first-order valence-electron chi connectivity index (χ1n) is 4.45. The van der Waals surface area contributed by atoms with Gasteiger partial charge in [0.25, 0.3) is 3.91 Å². The predicted octanol–water partition coefficient (Wildman–Crippen LogP) is 3.79. The Bertz CT molecular complexity index is 665. The zero-order valence-electron chi connectivity index (χ0n) is 7.61. The number of carbonyl (C=O) groups is 1. The van der Waals surface area contributed by atoms with Crippen LogP contribution in [0.5, 0.6) is 0 Å². The molecule has 0 aliphatic rings. The number of para-hydroxylation sites is 1. The molecule has 2 heterocycles. The lowest BCUT2D eigenvalue weighted by molar-refractivity contribution is 0.265. The highest BCUT2D eigenvalue weighted by Crippen LogP contribution is 2.30. The van der Waals surface area contributed by atoms with Crippen molar-refractivity contribution in [3.63, 3.8) is 0 Å². The predicted molar refractivity (Wildman–Crippen MR) is 66.5 cm³/mol. The highest BCUT2D eigenvalue weighted by atomic mass is 127. The molecule has 0 spiro atoms. The molecule has 0 radical (unpaired) electrons. The molecular formula is C11H6INO2. The molecule has 0 N–H and O–H groups in total. The molecule has 2 aromatic heterocycles. The van der Waals surface area contributed by atoms with Gasteiger partial charge in [-0.2, -0.15) is 0 Å². The van der Waals surface area contributed by atoms with Gasteiger partial charge in [-0.05, 0) is 12.1 Å². The van der Waals surface area contributed by atoms with Crippen LogP contribution in [0.4, 0.5) is 4.79 Å². The van der Waals surface area contributed by atoms with Crippen molar-refractivity contribution in [2.75, 3.05) is 0 Å². The molecule has 3 nitrogen and oxygen atoms in total. The zero-order chi connectivity index (χ0) is 10.4. The van der Waals surface area contributed by atoms with E-state index < -0.39 is 0 Å². The molecule has 0 bridgehead atoms. The number of benzene rings is 1. The monoisotopic (exact) mass is 311 g/mol. The van der Waals surface area contributed by atoms with Crippen LogP contribution in [-0.2, 0) is 0 Å². The molecule has 1 aromatic carbocycles. The summed E-state index contributed by atoms with van der Waals surface area (Å²) in [6.45, 7) is 0. The number of aromatic nitrogens is 1. The SMILES string of the molecule is O=C(I)n1c2ccccc2c2occc21. The summed E-state index contributed by atoms with van der Waals surface area (Å²) in [5.74, 6) is 0. The Labute approximate surface area is 98.8 Å². The van der Waals surface area contributed by atoms with Gasteiger partial charge in [0.2, 0.25) is 0 Å². The second-order valence-corrected chi connectivity index (χ2v) is 4.16. The maximum Gasteiger partial charge on any atom is 0.292 e. The van der Waals surface area contributed by atoms with Crippen molar-refractivity contribution in [2.45, 2.75) is 0 Å². The van der Waals surface area contributed by atoms with Crippen molar-refractivity contribution in [1.82, 2.24) is 4.57 Å². The van der Waals surface area contributed by atoms with Gasteiger partial charge in [0.05, 0.1) is 17.3 Å². The fraction of sp³-hybridized carbons (Fsp3) is 0. The molecule has 74 valence electrons. The summed E-state index contributed by atoms with van der Waals surface area (Å²) in [5.41, 5.74) is 2.50. The highest BCUT2D eigenvalue weighted by Gasteiger charge is 2.15. The van der Waals surface area contributed by atoms with Crippen molar-refractivity contribution in [1.29, 1.82) is 0 Å². The number of rotatable bonds is 0. The van der Waals surface area contributed by atoms with E-state index in [2.05, 4.69) is 0 Å². The van der Waals surface area contributed by atoms with Crippen LogP contribution in [0.1, 0.15) is 0 Å². The average molecular weight is 311 g/mol. The summed E-state index contributed by atoms with van der Waals surface area (Å²) >= 11 is 1.78. The average Bonchev–Trinajstić information content (AvgIpc) is 2.75. The van der Waals surface area contributed by atoms with E-state index in [9.17, 15) is 4.79 Å². The number of hydrogen-bond donors (Lipinski definition) is 0. The lowest BCUT2D eigenvalue weighted by Crippen LogP contribution is -1.99. The Morgan fingerprint density at radius 3 is 2.80 bits per heavy atom. The van der Waals surface area contributed by atoms with Gasteiger partial charge in [-0.15, -0.1) is 0 Å². The van der Waals surface area contributed by atoms with Gasteiger partial charge in [-0.1, -0.05) is 12.1 Å². The van der Waals surface area contributed by atoms with Crippen molar-refractivity contribution >= 4 is 48.5 Å². The molecule has 0 fully saturated rings. The van der Waals surface area contributed by atoms with Gasteiger partial charge in [-0.25, -0.2) is 0 Å². The summed E-state index contributed by atoms with van der Waals surface area (Å²) in [4.78, 5) is 11.5. The Balaban J connectivity index is 2.64. The third kappa shape index (κ3) is 1.14. The van der Waals surface area contributed by atoms with E-state index >= 15 is 0 Å². The summed E-state index contributed by atoms with van der Waals surface area (Å²) in [6, 6.07) is 9.54. The molecule has 4 heteroatoms. The molecule has 15 heavy (non-hydrogen) atoms. The van der Waals surface area contributed by atoms with E-state index in [0.717, 1.165) is 22.0 Å². The first kappa shape index (κ1) is 8.96. The van der Waals surface area contributed by atoms with E-state index in [1.807, 2.05) is 30.3 Å². The van der Waals surface area contributed by atoms with Crippen LogP contribution in [0.3, 0.4) is 0 Å². The summed E-state index contributed by atoms with van der Waals surface area (Å²) in [6.07, 6.45) is 1.60. The second kappa shape index (κ2) is 3.10. The maximum atomic E-state index is 11.5. The van der Waals surface area contributed by atoms with Crippen LogP contribution in [0.15, 0.2) is 41.0 Å². The molecule has 0 aliphatic carbocycles. The molecule has 0 unspecified atom stereocenters. The number of furan rings is 1. The van der Waals surface area contributed by atoms with Crippen molar-refractivity contribution in [3.8, 4) is 0 Å². The number of nitrogens with zero attached hydrogens (tertiary/aromatic N) is 1. The molecule has 0 amide bonds. The Morgan fingerprint density at radius 1 is 1.20 bits per heavy atom. The fourth-order valence-corrected chi connectivity index (χ4v) is 2.38. The third-order valence-electron chi connectivity index (χ3n) is 2.45. The lowest BCUT2D eigenvalue weighted by Gasteiger charge is -1.97. The minimum Gasteiger partial charge on any atom is -0.462 e. The molecule has 0 saturated heterocycles. The largest absolute Gasteiger partial charge is 0.462 e. The minimum atomic E-state index is -0.0276. The molecular weight excluding hydrogens is 305 g/mol. The summed E-state index contributed by atoms with van der Waals surface area (Å²) in [7, 11) is 0. The van der Waals surface area contributed by atoms with Crippen LogP contribution < -0.4 is 0 Å². The normalized spacial score (nSPS) is 11.3. The van der Waals surface area contributed by atoms with E-state index in [1.165, 1.54) is 0 Å². The first-order chi connectivity index (χ1) is 7.29. The third-order valence-corrected chi connectivity index (χ3v) is 2.93. The number of carbonyl (C=O) groups excluding carboxylic acids is 1. The fourth-order valence-electron chi connectivity index (χ4n) is 1.86. The summed E-state index contributed by atoms with van der Waals surface area (Å²) < 4.78 is 7.02. The van der Waals surface area contributed by atoms with Crippen LogP contribution in [0, 0.1) is 0 Å². The number of fused-ring (bicyclic) bond motifs is 3. The smallest absolute Gasteiger partial charge is 0.292 e. The molecule has 0 aliphatic heterocycles. The van der Waals surface area contributed by atoms with Crippen LogP contribution >= 0.6 is 22.6 Å². The highest BCUT2D eigenvalue weighted by molar-refractivity contribution is 14.1. The van der Waals surface area contributed by atoms with Crippen molar-refractivity contribution in [2.24, 2.45) is 0 Å². The number of hydrogen-bond acceptors (Lipinski definition) is 2. The van der Waals surface area contributed by atoms with Crippen molar-refractivity contribution in [3.05, 3.63) is 36.6 Å². The lowest BCUT2D eigenvalue weighted by atomic mass is 10.2.